The SMILES string of the molecule is COCC1(C(=O)Nc2cccc(SC)c2)CCNCC1. The summed E-state index contributed by atoms with van der Waals surface area (Å²) in [7, 11) is 1.66. The Bertz CT molecular complexity index is 453. The fourth-order valence-electron chi connectivity index (χ4n) is 2.58. The summed E-state index contributed by atoms with van der Waals surface area (Å²) < 4.78 is 5.30. The Morgan fingerprint density at radius 3 is 2.85 bits per heavy atom. The molecule has 1 amide bonds. The maximum absolute atomic E-state index is 12.7. The Hall–Kier alpha value is -1.04. The highest BCUT2D eigenvalue weighted by Crippen LogP contribution is 2.31. The minimum Gasteiger partial charge on any atom is -0.384 e. The molecule has 1 aliphatic rings. The van der Waals surface area contributed by atoms with E-state index in [1.807, 2.05) is 30.5 Å². The number of hydrogen-bond acceptors (Lipinski definition) is 4. The van der Waals surface area contributed by atoms with Gasteiger partial charge in [-0.25, -0.2) is 0 Å². The largest absolute Gasteiger partial charge is 0.384 e. The summed E-state index contributed by atoms with van der Waals surface area (Å²) in [6.07, 6.45) is 3.66. The van der Waals surface area contributed by atoms with Crippen molar-refractivity contribution in [3.63, 3.8) is 0 Å². The van der Waals surface area contributed by atoms with Crippen molar-refractivity contribution in [1.29, 1.82) is 0 Å². The van der Waals surface area contributed by atoms with Crippen LogP contribution in [0.4, 0.5) is 5.69 Å². The lowest BCUT2D eigenvalue weighted by atomic mass is 9.78. The molecule has 0 unspecified atom stereocenters. The van der Waals surface area contributed by atoms with Crippen LogP contribution in [-0.4, -0.2) is 39.0 Å². The van der Waals surface area contributed by atoms with Crippen molar-refractivity contribution in [2.24, 2.45) is 5.41 Å². The topological polar surface area (TPSA) is 50.4 Å². The zero-order chi connectivity index (χ0) is 14.4. The molecule has 0 saturated carbocycles. The van der Waals surface area contributed by atoms with E-state index in [-0.39, 0.29) is 5.91 Å². The number of hydrogen-bond donors (Lipinski definition) is 2. The molecule has 0 aromatic heterocycles. The molecule has 1 saturated heterocycles. The van der Waals surface area contributed by atoms with Gasteiger partial charge in [-0.3, -0.25) is 4.79 Å². The first-order valence-electron chi connectivity index (χ1n) is 6.85. The van der Waals surface area contributed by atoms with Gasteiger partial charge >= 0.3 is 0 Å². The average molecular weight is 294 g/mol. The van der Waals surface area contributed by atoms with Crippen molar-refractivity contribution >= 4 is 23.4 Å². The van der Waals surface area contributed by atoms with Crippen molar-refractivity contribution in [3.05, 3.63) is 24.3 Å². The molecule has 1 fully saturated rings. The van der Waals surface area contributed by atoms with Crippen LogP contribution in [0.15, 0.2) is 29.2 Å². The molecular weight excluding hydrogens is 272 g/mol. The van der Waals surface area contributed by atoms with Crippen LogP contribution >= 0.6 is 11.8 Å². The predicted molar refractivity (Wildman–Crippen MR) is 83.3 cm³/mol. The standard InChI is InChI=1S/C15H22N2O2S/c1-19-11-15(6-8-16-9-7-15)14(18)17-12-4-3-5-13(10-12)20-2/h3-5,10,16H,6-9,11H2,1-2H3,(H,17,18). The molecule has 20 heavy (non-hydrogen) atoms. The van der Waals surface area contributed by atoms with Gasteiger partial charge in [-0.05, 0) is 50.4 Å². The number of methoxy groups -OCH3 is 1. The van der Waals surface area contributed by atoms with Gasteiger partial charge in [0.25, 0.3) is 0 Å². The minimum absolute atomic E-state index is 0.0686. The molecule has 0 aliphatic carbocycles. The summed E-state index contributed by atoms with van der Waals surface area (Å²) in [5.74, 6) is 0.0686. The lowest BCUT2D eigenvalue weighted by molar-refractivity contribution is -0.130. The Balaban J connectivity index is 2.11. The maximum Gasteiger partial charge on any atom is 0.233 e. The van der Waals surface area contributed by atoms with Gasteiger partial charge in [-0.2, -0.15) is 0 Å². The van der Waals surface area contributed by atoms with Crippen LogP contribution < -0.4 is 10.6 Å². The zero-order valence-corrected chi connectivity index (χ0v) is 12.9. The van der Waals surface area contributed by atoms with Crippen molar-refractivity contribution < 1.29 is 9.53 Å². The lowest BCUT2D eigenvalue weighted by Crippen LogP contribution is -2.47. The minimum atomic E-state index is -0.407. The normalized spacial score (nSPS) is 17.7. The zero-order valence-electron chi connectivity index (χ0n) is 12.1. The summed E-state index contributed by atoms with van der Waals surface area (Å²) in [5.41, 5.74) is 0.450. The van der Waals surface area contributed by atoms with Crippen LogP contribution in [0.25, 0.3) is 0 Å². The summed E-state index contributed by atoms with van der Waals surface area (Å²) in [6, 6.07) is 7.94. The summed E-state index contributed by atoms with van der Waals surface area (Å²) in [5, 5.41) is 6.35. The highest BCUT2D eigenvalue weighted by atomic mass is 32.2. The van der Waals surface area contributed by atoms with Crippen LogP contribution in [0, 0.1) is 5.41 Å². The van der Waals surface area contributed by atoms with Gasteiger partial charge in [0.05, 0.1) is 12.0 Å². The first-order valence-corrected chi connectivity index (χ1v) is 8.08. The van der Waals surface area contributed by atoms with Crippen LogP contribution in [-0.2, 0) is 9.53 Å². The monoisotopic (exact) mass is 294 g/mol. The first-order chi connectivity index (χ1) is 9.70. The average Bonchev–Trinajstić information content (AvgIpc) is 2.48. The molecule has 110 valence electrons. The number of thioether (sulfide) groups is 1. The van der Waals surface area contributed by atoms with E-state index in [4.69, 9.17) is 4.74 Å². The molecule has 0 radical (unpaired) electrons. The van der Waals surface area contributed by atoms with E-state index in [9.17, 15) is 4.79 Å². The second-order valence-electron chi connectivity index (χ2n) is 5.15. The molecule has 0 bridgehead atoms. The highest BCUT2D eigenvalue weighted by molar-refractivity contribution is 7.98. The molecule has 0 atom stereocenters. The van der Waals surface area contributed by atoms with E-state index in [0.717, 1.165) is 36.5 Å². The van der Waals surface area contributed by atoms with E-state index >= 15 is 0 Å². The summed E-state index contributed by atoms with van der Waals surface area (Å²) in [4.78, 5) is 13.8. The molecular formula is C15H22N2O2S. The molecule has 1 aromatic carbocycles. The maximum atomic E-state index is 12.7. The van der Waals surface area contributed by atoms with Crippen LogP contribution in [0.5, 0.6) is 0 Å². The Morgan fingerprint density at radius 2 is 2.20 bits per heavy atom. The Morgan fingerprint density at radius 1 is 1.45 bits per heavy atom. The third-order valence-corrected chi connectivity index (χ3v) is 4.52. The van der Waals surface area contributed by atoms with Crippen LogP contribution in [0.3, 0.4) is 0 Å². The van der Waals surface area contributed by atoms with E-state index in [1.54, 1.807) is 18.9 Å². The molecule has 0 spiro atoms. The molecule has 2 rings (SSSR count). The van der Waals surface area contributed by atoms with Crippen molar-refractivity contribution in [1.82, 2.24) is 5.32 Å². The van der Waals surface area contributed by atoms with Crippen molar-refractivity contribution in [2.75, 3.05) is 38.4 Å². The lowest BCUT2D eigenvalue weighted by Gasteiger charge is -2.35. The molecule has 1 aliphatic heterocycles. The van der Waals surface area contributed by atoms with E-state index in [0.29, 0.717) is 6.61 Å². The number of anilines is 1. The van der Waals surface area contributed by atoms with Gasteiger partial charge in [0.1, 0.15) is 0 Å². The van der Waals surface area contributed by atoms with E-state index in [2.05, 4.69) is 10.6 Å². The van der Waals surface area contributed by atoms with Crippen LogP contribution in [0.1, 0.15) is 12.8 Å². The molecule has 1 aromatic rings. The summed E-state index contributed by atoms with van der Waals surface area (Å²) in [6.45, 7) is 2.20. The van der Waals surface area contributed by atoms with E-state index in [1.165, 1.54) is 0 Å². The highest BCUT2D eigenvalue weighted by Gasteiger charge is 2.39. The van der Waals surface area contributed by atoms with Gasteiger partial charge in [0.2, 0.25) is 5.91 Å². The molecule has 2 N–H and O–H groups in total. The fourth-order valence-corrected chi connectivity index (χ4v) is 3.04. The molecule has 5 heteroatoms. The van der Waals surface area contributed by atoms with Gasteiger partial charge in [-0.1, -0.05) is 6.07 Å². The van der Waals surface area contributed by atoms with Crippen molar-refractivity contribution in [2.45, 2.75) is 17.7 Å². The van der Waals surface area contributed by atoms with Crippen LogP contribution in [0.2, 0.25) is 0 Å². The van der Waals surface area contributed by atoms with E-state index < -0.39 is 5.41 Å². The number of rotatable bonds is 5. The second kappa shape index (κ2) is 7.11. The van der Waals surface area contributed by atoms with Gasteiger partial charge < -0.3 is 15.4 Å². The predicted octanol–water partition coefficient (Wildman–Crippen LogP) is 2.36. The number of benzene rings is 1. The van der Waals surface area contributed by atoms with Crippen molar-refractivity contribution in [3.8, 4) is 0 Å². The van der Waals surface area contributed by atoms with Gasteiger partial charge in [-0.15, -0.1) is 11.8 Å². The number of carbonyl (C=O) groups excluding carboxylic acids is 1. The summed E-state index contributed by atoms with van der Waals surface area (Å²) >= 11 is 1.67. The van der Waals surface area contributed by atoms with Gasteiger partial charge in [0.15, 0.2) is 0 Å². The number of nitrogens with one attached hydrogen (secondary N) is 2. The molecule has 1 heterocycles. The number of carbonyl (C=O) groups is 1. The fraction of sp³-hybridized carbons (Fsp3) is 0.533. The number of amides is 1. The van der Waals surface area contributed by atoms with Gasteiger partial charge in [0, 0.05) is 17.7 Å². The number of ether oxygens (including phenoxy) is 1. The number of piperidine rings is 1. The second-order valence-corrected chi connectivity index (χ2v) is 6.03. The Labute approximate surface area is 124 Å². The third kappa shape index (κ3) is 3.53. The molecule has 4 nitrogen and oxygen atoms in total. The third-order valence-electron chi connectivity index (χ3n) is 3.79. The first kappa shape index (κ1) is 15.4. The quantitative estimate of drug-likeness (QED) is 0.819. The smallest absolute Gasteiger partial charge is 0.233 e. The Kier molecular flexibility index (Phi) is 5.46.